The fourth-order valence-electron chi connectivity index (χ4n) is 3.50. The Hall–Kier alpha value is -3.35. The molecule has 29 heavy (non-hydrogen) atoms. The number of urea groups is 1. The van der Waals surface area contributed by atoms with Gasteiger partial charge in [-0.3, -0.25) is 0 Å². The number of likely N-dealkylation sites (tertiary alicyclic amines) is 1. The average molecular weight is 392 g/mol. The summed E-state index contributed by atoms with van der Waals surface area (Å²) in [5.74, 6) is 1.68. The molecule has 7 nitrogen and oxygen atoms in total. The highest BCUT2D eigenvalue weighted by Crippen LogP contribution is 2.32. The molecule has 7 heteroatoms. The predicted octanol–water partition coefficient (Wildman–Crippen LogP) is 4.10. The van der Waals surface area contributed by atoms with Gasteiger partial charge in [0.2, 0.25) is 11.7 Å². The zero-order valence-electron chi connectivity index (χ0n) is 16.6. The smallest absolute Gasteiger partial charge is 0.318 e. The van der Waals surface area contributed by atoms with Crippen LogP contribution in [0, 0.1) is 6.92 Å². The van der Waals surface area contributed by atoms with E-state index in [0.717, 1.165) is 29.7 Å². The van der Waals surface area contributed by atoms with Crippen LogP contribution in [-0.4, -0.2) is 34.7 Å². The third-order valence-electron chi connectivity index (χ3n) is 5.13. The number of carbonyl (C=O) groups is 1. The third-order valence-corrected chi connectivity index (χ3v) is 5.13. The molecule has 0 radical (unpaired) electrons. The van der Waals surface area contributed by atoms with E-state index in [0.29, 0.717) is 24.8 Å². The van der Waals surface area contributed by atoms with Gasteiger partial charge in [-0.2, -0.15) is 4.98 Å². The van der Waals surface area contributed by atoms with Gasteiger partial charge >= 0.3 is 6.03 Å². The van der Waals surface area contributed by atoms with Crippen LogP contribution in [0.5, 0.6) is 5.75 Å². The van der Waals surface area contributed by atoms with Gasteiger partial charge < -0.3 is 19.5 Å². The first-order valence-electron chi connectivity index (χ1n) is 9.72. The average Bonchev–Trinajstić information content (AvgIpc) is 3.42. The molecule has 0 unspecified atom stereocenters. The first-order chi connectivity index (χ1) is 14.1. The van der Waals surface area contributed by atoms with E-state index in [1.807, 2.05) is 55.5 Å². The number of hydrogen-bond donors (Lipinski definition) is 1. The van der Waals surface area contributed by atoms with E-state index in [1.165, 1.54) is 5.56 Å². The van der Waals surface area contributed by atoms with Crippen LogP contribution in [0.1, 0.15) is 35.9 Å². The molecule has 1 aromatic heterocycles. The first kappa shape index (κ1) is 19.0. The molecule has 2 aromatic carbocycles. The molecule has 150 valence electrons. The van der Waals surface area contributed by atoms with Gasteiger partial charge in [-0.05, 0) is 37.5 Å². The highest BCUT2D eigenvalue weighted by Gasteiger charge is 2.34. The Bertz CT molecular complexity index is 984. The number of rotatable bonds is 5. The first-order valence-corrected chi connectivity index (χ1v) is 9.72. The minimum absolute atomic E-state index is 0.116. The normalized spacial score (nSPS) is 16.1. The minimum atomic E-state index is -0.208. The summed E-state index contributed by atoms with van der Waals surface area (Å²) in [4.78, 5) is 19.1. The van der Waals surface area contributed by atoms with Crippen molar-refractivity contribution in [2.24, 2.45) is 0 Å². The highest BCUT2D eigenvalue weighted by atomic mass is 16.5. The van der Waals surface area contributed by atoms with Crippen molar-refractivity contribution < 1.29 is 14.1 Å². The van der Waals surface area contributed by atoms with Gasteiger partial charge in [-0.1, -0.05) is 47.1 Å². The van der Waals surface area contributed by atoms with Crippen molar-refractivity contribution in [1.82, 2.24) is 20.4 Å². The van der Waals surface area contributed by atoms with Crippen molar-refractivity contribution in [3.8, 4) is 17.1 Å². The topological polar surface area (TPSA) is 80.5 Å². The number of hydrogen-bond acceptors (Lipinski definition) is 5. The third kappa shape index (κ3) is 4.23. The zero-order valence-corrected chi connectivity index (χ0v) is 16.6. The van der Waals surface area contributed by atoms with Crippen LogP contribution in [0.15, 0.2) is 53.1 Å². The van der Waals surface area contributed by atoms with E-state index in [4.69, 9.17) is 9.26 Å². The molecule has 1 saturated heterocycles. The molecule has 1 atom stereocenters. The molecule has 4 rings (SSSR count). The number of aryl methyl sites for hydroxylation is 1. The van der Waals surface area contributed by atoms with E-state index >= 15 is 0 Å². The Labute approximate surface area is 169 Å². The fourth-order valence-corrected chi connectivity index (χ4v) is 3.50. The number of aromatic nitrogens is 2. The van der Waals surface area contributed by atoms with Crippen LogP contribution >= 0.6 is 0 Å². The largest absolute Gasteiger partial charge is 0.497 e. The van der Waals surface area contributed by atoms with Crippen LogP contribution in [0.4, 0.5) is 4.79 Å². The number of amides is 2. The lowest BCUT2D eigenvalue weighted by Crippen LogP contribution is -2.39. The van der Waals surface area contributed by atoms with E-state index in [1.54, 1.807) is 12.0 Å². The quantitative estimate of drug-likeness (QED) is 0.707. The Morgan fingerprint density at radius 2 is 2.10 bits per heavy atom. The number of carbonyl (C=O) groups excluding carboxylic acids is 1. The van der Waals surface area contributed by atoms with Gasteiger partial charge in [-0.25, -0.2) is 4.79 Å². The minimum Gasteiger partial charge on any atom is -0.497 e. The molecule has 0 aliphatic carbocycles. The lowest BCUT2D eigenvalue weighted by molar-refractivity contribution is 0.180. The highest BCUT2D eigenvalue weighted by molar-refractivity contribution is 5.75. The van der Waals surface area contributed by atoms with Gasteiger partial charge in [0, 0.05) is 18.7 Å². The molecule has 2 heterocycles. The molecule has 0 bridgehead atoms. The van der Waals surface area contributed by atoms with Crippen molar-refractivity contribution >= 4 is 6.03 Å². The molecule has 1 fully saturated rings. The summed E-state index contributed by atoms with van der Waals surface area (Å²) in [6.07, 6.45) is 1.71. The molecule has 1 aliphatic rings. The van der Waals surface area contributed by atoms with E-state index in [-0.39, 0.29) is 12.1 Å². The van der Waals surface area contributed by atoms with Crippen LogP contribution in [0.25, 0.3) is 11.4 Å². The van der Waals surface area contributed by atoms with Crippen molar-refractivity contribution in [1.29, 1.82) is 0 Å². The molecule has 1 aliphatic heterocycles. The van der Waals surface area contributed by atoms with Gasteiger partial charge in [0.1, 0.15) is 11.8 Å². The lowest BCUT2D eigenvalue weighted by atomic mass is 10.1. The maximum Gasteiger partial charge on any atom is 0.318 e. The molecular formula is C22H24N4O3. The summed E-state index contributed by atoms with van der Waals surface area (Å²) in [6, 6.07) is 15.3. The summed E-state index contributed by atoms with van der Waals surface area (Å²) in [7, 11) is 1.62. The number of nitrogens with zero attached hydrogens (tertiary/aromatic N) is 3. The van der Waals surface area contributed by atoms with Crippen LogP contribution in [0.2, 0.25) is 0 Å². The van der Waals surface area contributed by atoms with Crippen LogP contribution < -0.4 is 10.1 Å². The van der Waals surface area contributed by atoms with Crippen molar-refractivity contribution in [2.75, 3.05) is 13.7 Å². The molecule has 0 saturated carbocycles. The Kier molecular flexibility index (Phi) is 5.46. The summed E-state index contributed by atoms with van der Waals surface area (Å²) >= 11 is 0. The van der Waals surface area contributed by atoms with Crippen LogP contribution in [-0.2, 0) is 6.54 Å². The van der Waals surface area contributed by atoms with E-state index in [9.17, 15) is 4.79 Å². The Morgan fingerprint density at radius 1 is 1.28 bits per heavy atom. The number of benzene rings is 2. The SMILES string of the molecule is COc1cccc(-c2noc([C@@H]3CCCN3C(=O)NCc3ccc(C)cc3)n2)c1. The van der Waals surface area contributed by atoms with Gasteiger partial charge in [0.05, 0.1) is 7.11 Å². The van der Waals surface area contributed by atoms with Crippen LogP contribution in [0.3, 0.4) is 0 Å². The number of nitrogens with one attached hydrogen (secondary N) is 1. The number of ether oxygens (including phenoxy) is 1. The fraction of sp³-hybridized carbons (Fsp3) is 0.318. The van der Waals surface area contributed by atoms with E-state index in [2.05, 4.69) is 15.5 Å². The van der Waals surface area contributed by atoms with Gasteiger partial charge in [0.25, 0.3) is 0 Å². The van der Waals surface area contributed by atoms with Gasteiger partial charge in [-0.15, -0.1) is 0 Å². The maximum atomic E-state index is 12.7. The second-order valence-corrected chi connectivity index (χ2v) is 7.18. The zero-order chi connectivity index (χ0) is 20.2. The summed E-state index contributed by atoms with van der Waals surface area (Å²) in [6.45, 7) is 3.20. The monoisotopic (exact) mass is 392 g/mol. The summed E-state index contributed by atoms with van der Waals surface area (Å²) < 4.78 is 10.8. The standard InChI is InChI=1S/C22H24N4O3/c1-15-8-10-16(11-9-15)14-23-22(27)26-12-4-7-19(26)21-24-20(25-29-21)17-5-3-6-18(13-17)28-2/h3,5-6,8-11,13,19H,4,7,12,14H2,1-2H3,(H,23,27)/t19-/m0/s1. The van der Waals surface area contributed by atoms with Crippen molar-refractivity contribution in [3.63, 3.8) is 0 Å². The van der Waals surface area contributed by atoms with E-state index < -0.39 is 0 Å². The lowest BCUT2D eigenvalue weighted by Gasteiger charge is -2.22. The molecule has 2 amide bonds. The summed E-state index contributed by atoms with van der Waals surface area (Å²) in [5.41, 5.74) is 3.08. The molecule has 3 aromatic rings. The molecule has 0 spiro atoms. The molecular weight excluding hydrogens is 368 g/mol. The molecule has 1 N–H and O–H groups in total. The Balaban J connectivity index is 1.44. The Morgan fingerprint density at radius 3 is 2.90 bits per heavy atom. The predicted molar refractivity (Wildman–Crippen MR) is 108 cm³/mol. The maximum absolute atomic E-state index is 12.7. The second kappa shape index (κ2) is 8.34. The summed E-state index contributed by atoms with van der Waals surface area (Å²) in [5, 5.41) is 7.10. The number of methoxy groups -OCH3 is 1. The van der Waals surface area contributed by atoms with Crippen molar-refractivity contribution in [2.45, 2.75) is 32.4 Å². The second-order valence-electron chi connectivity index (χ2n) is 7.18. The van der Waals surface area contributed by atoms with Gasteiger partial charge in [0.15, 0.2) is 0 Å². The van der Waals surface area contributed by atoms with Crippen molar-refractivity contribution in [3.05, 3.63) is 65.5 Å².